The summed E-state index contributed by atoms with van der Waals surface area (Å²) in [6, 6.07) is 0. The molecule has 1 aliphatic heterocycles. The van der Waals surface area contributed by atoms with Crippen LogP contribution in [0.5, 0.6) is 0 Å². The van der Waals surface area contributed by atoms with Gasteiger partial charge in [0.05, 0.1) is 24.9 Å². The highest BCUT2D eigenvalue weighted by Gasteiger charge is 2.42. The molecule has 116 valence electrons. The lowest BCUT2D eigenvalue weighted by Gasteiger charge is -2.37. The van der Waals surface area contributed by atoms with Crippen molar-refractivity contribution in [2.75, 3.05) is 19.0 Å². The number of alkyl halides is 3. The van der Waals surface area contributed by atoms with Crippen LogP contribution >= 0.6 is 11.8 Å². The van der Waals surface area contributed by atoms with E-state index in [0.717, 1.165) is 43.7 Å². The molecule has 20 heavy (non-hydrogen) atoms. The van der Waals surface area contributed by atoms with Crippen molar-refractivity contribution in [3.05, 3.63) is 0 Å². The van der Waals surface area contributed by atoms with Gasteiger partial charge < -0.3 is 14.3 Å². The molecule has 0 aromatic rings. The number of halogens is 3. The molecular weight excluding hydrogens is 293 g/mol. The Morgan fingerprint density at radius 2 is 1.85 bits per heavy atom. The molecule has 2 aliphatic rings. The lowest BCUT2D eigenvalue weighted by atomic mass is 9.83. The monoisotopic (exact) mass is 312 g/mol. The summed E-state index contributed by atoms with van der Waals surface area (Å²) in [6.07, 6.45) is -1.22. The highest BCUT2D eigenvalue weighted by molar-refractivity contribution is 8.00. The van der Waals surface area contributed by atoms with Crippen LogP contribution in [0.15, 0.2) is 0 Å². The van der Waals surface area contributed by atoms with Crippen LogP contribution in [-0.4, -0.2) is 42.5 Å². The fourth-order valence-electron chi connectivity index (χ4n) is 2.79. The van der Waals surface area contributed by atoms with Crippen molar-refractivity contribution in [2.45, 2.75) is 49.3 Å². The Balaban J connectivity index is 1.76. The average Bonchev–Trinajstić information content (AvgIpc) is 2.83. The Morgan fingerprint density at radius 1 is 1.25 bits per heavy atom. The van der Waals surface area contributed by atoms with Crippen LogP contribution in [0.25, 0.3) is 0 Å². The molecular formula is C13H19F3O3S. The number of carbonyl (C=O) groups excluding carboxylic acids is 1. The molecule has 1 saturated carbocycles. The number of thioether (sulfide) groups is 1. The minimum Gasteiger partial charge on any atom is -0.348 e. The van der Waals surface area contributed by atoms with Crippen LogP contribution < -0.4 is 0 Å². The largest absolute Gasteiger partial charge is 0.389 e. The van der Waals surface area contributed by atoms with Crippen molar-refractivity contribution >= 4 is 18.0 Å². The van der Waals surface area contributed by atoms with Crippen LogP contribution in [-0.2, 0) is 14.3 Å². The van der Waals surface area contributed by atoms with E-state index in [2.05, 4.69) is 0 Å². The first-order valence-electron chi connectivity index (χ1n) is 6.86. The first-order chi connectivity index (χ1) is 9.44. The summed E-state index contributed by atoms with van der Waals surface area (Å²) < 4.78 is 47.6. The van der Waals surface area contributed by atoms with Crippen LogP contribution in [0.3, 0.4) is 0 Å². The number of rotatable bonds is 5. The lowest BCUT2D eigenvalue weighted by Crippen LogP contribution is -2.38. The summed E-state index contributed by atoms with van der Waals surface area (Å²) in [5.41, 5.74) is 0. The molecule has 0 radical (unpaired) electrons. The minimum absolute atomic E-state index is 0.0540. The maximum Gasteiger partial charge on any atom is 0.389 e. The summed E-state index contributed by atoms with van der Waals surface area (Å²) >= 11 is 1.12. The van der Waals surface area contributed by atoms with Crippen LogP contribution in [0.4, 0.5) is 13.2 Å². The maximum atomic E-state index is 12.1. The third-order valence-corrected chi connectivity index (χ3v) is 5.22. The topological polar surface area (TPSA) is 35.5 Å². The summed E-state index contributed by atoms with van der Waals surface area (Å²) in [5.74, 6) is -0.411. The summed E-state index contributed by atoms with van der Waals surface area (Å²) in [4.78, 5) is 11.1. The number of ether oxygens (including phenoxy) is 2. The fraction of sp³-hybridized carbons (Fsp3) is 0.923. The Bertz CT molecular complexity index is 319. The summed E-state index contributed by atoms with van der Waals surface area (Å²) in [5, 5.41) is -0.351. The van der Waals surface area contributed by atoms with Gasteiger partial charge in [-0.1, -0.05) is 0 Å². The Hall–Kier alpha value is -0.270. The predicted octanol–water partition coefficient (Wildman–Crippen LogP) is 3.17. The van der Waals surface area contributed by atoms with E-state index in [0.29, 0.717) is 13.2 Å². The number of hydrogen-bond acceptors (Lipinski definition) is 4. The standard InChI is InChI=1S/C13H19F3O3S/c14-13(15,16)5-8-20-11(9-17)10-1-3-12(4-2-10)18-6-7-19-12/h9-11H,1-8H2. The van der Waals surface area contributed by atoms with E-state index in [1.807, 2.05) is 0 Å². The Kier molecular flexibility index (Phi) is 5.36. The number of carbonyl (C=O) groups is 1. The van der Waals surface area contributed by atoms with E-state index in [4.69, 9.17) is 9.47 Å². The molecule has 3 nitrogen and oxygen atoms in total. The van der Waals surface area contributed by atoms with Gasteiger partial charge in [-0.05, 0) is 18.8 Å². The molecule has 7 heteroatoms. The third-order valence-electron chi connectivity index (χ3n) is 3.90. The zero-order chi connectivity index (χ0) is 14.6. The van der Waals surface area contributed by atoms with E-state index in [1.54, 1.807) is 0 Å². The minimum atomic E-state index is -4.15. The molecule has 1 unspecified atom stereocenters. The molecule has 2 rings (SSSR count). The van der Waals surface area contributed by atoms with Gasteiger partial charge in [0.2, 0.25) is 0 Å². The smallest absolute Gasteiger partial charge is 0.348 e. The van der Waals surface area contributed by atoms with E-state index >= 15 is 0 Å². The Labute approximate surface area is 120 Å². The lowest BCUT2D eigenvalue weighted by molar-refractivity contribution is -0.182. The van der Waals surface area contributed by atoms with Crippen LogP contribution in [0.2, 0.25) is 0 Å². The maximum absolute atomic E-state index is 12.1. The van der Waals surface area contributed by atoms with Gasteiger partial charge in [0, 0.05) is 18.6 Å². The molecule has 0 bridgehead atoms. The zero-order valence-electron chi connectivity index (χ0n) is 11.2. The fourth-order valence-corrected chi connectivity index (χ4v) is 4.04. The van der Waals surface area contributed by atoms with Crippen molar-refractivity contribution in [1.29, 1.82) is 0 Å². The first kappa shape index (κ1) is 16.1. The molecule has 0 amide bonds. The molecule has 1 saturated heterocycles. The molecule has 0 aromatic heterocycles. The average molecular weight is 312 g/mol. The van der Waals surface area contributed by atoms with Gasteiger partial charge in [0.25, 0.3) is 0 Å². The predicted molar refractivity (Wildman–Crippen MR) is 69.6 cm³/mol. The van der Waals surface area contributed by atoms with E-state index in [9.17, 15) is 18.0 Å². The third kappa shape index (κ3) is 4.36. The highest BCUT2D eigenvalue weighted by Crippen LogP contribution is 2.41. The van der Waals surface area contributed by atoms with Gasteiger partial charge >= 0.3 is 6.18 Å². The van der Waals surface area contributed by atoms with Crippen LogP contribution in [0.1, 0.15) is 32.1 Å². The molecule has 1 aliphatic carbocycles. The van der Waals surface area contributed by atoms with Crippen molar-refractivity contribution in [2.24, 2.45) is 5.92 Å². The molecule has 1 atom stereocenters. The van der Waals surface area contributed by atoms with E-state index in [-0.39, 0.29) is 16.9 Å². The van der Waals surface area contributed by atoms with Gasteiger partial charge in [-0.25, -0.2) is 0 Å². The van der Waals surface area contributed by atoms with Gasteiger partial charge in [0.15, 0.2) is 5.79 Å². The quantitative estimate of drug-likeness (QED) is 0.731. The molecule has 0 aromatic carbocycles. The highest BCUT2D eigenvalue weighted by atomic mass is 32.2. The second-order valence-corrected chi connectivity index (χ2v) is 6.57. The second kappa shape index (κ2) is 6.66. The van der Waals surface area contributed by atoms with Crippen LogP contribution in [0, 0.1) is 5.92 Å². The zero-order valence-corrected chi connectivity index (χ0v) is 12.0. The SMILES string of the molecule is O=CC(SCCC(F)(F)F)C1CCC2(CC1)OCCO2. The number of hydrogen-bond donors (Lipinski definition) is 0. The van der Waals surface area contributed by atoms with E-state index in [1.165, 1.54) is 0 Å². The summed E-state index contributed by atoms with van der Waals surface area (Å²) in [6.45, 7) is 1.20. The van der Waals surface area contributed by atoms with Crippen molar-refractivity contribution < 1.29 is 27.4 Å². The molecule has 1 spiro atoms. The Morgan fingerprint density at radius 3 is 2.35 bits per heavy atom. The van der Waals surface area contributed by atoms with Gasteiger partial charge in [-0.2, -0.15) is 24.9 Å². The van der Waals surface area contributed by atoms with Gasteiger partial charge in [-0.3, -0.25) is 0 Å². The van der Waals surface area contributed by atoms with Crippen molar-refractivity contribution in [3.8, 4) is 0 Å². The summed E-state index contributed by atoms with van der Waals surface area (Å²) in [7, 11) is 0. The molecule has 0 N–H and O–H groups in total. The molecule has 2 fully saturated rings. The normalized spacial score (nSPS) is 24.9. The second-order valence-electron chi connectivity index (χ2n) is 5.28. The van der Waals surface area contributed by atoms with Gasteiger partial charge in [0.1, 0.15) is 6.29 Å². The van der Waals surface area contributed by atoms with Gasteiger partial charge in [-0.15, -0.1) is 0 Å². The van der Waals surface area contributed by atoms with Crippen molar-refractivity contribution in [1.82, 2.24) is 0 Å². The first-order valence-corrected chi connectivity index (χ1v) is 7.91. The van der Waals surface area contributed by atoms with E-state index < -0.39 is 18.4 Å². The van der Waals surface area contributed by atoms with Crippen molar-refractivity contribution in [3.63, 3.8) is 0 Å². The molecule has 1 heterocycles. The number of aldehydes is 1.